The molecule has 0 unspecified atom stereocenters. The van der Waals surface area contributed by atoms with E-state index in [0.717, 1.165) is 0 Å². The predicted molar refractivity (Wildman–Crippen MR) is 166 cm³/mol. The molecule has 3 aromatic rings. The largest absolute Gasteiger partial charge is 0.488 e. The summed E-state index contributed by atoms with van der Waals surface area (Å²) in [7, 11) is -6.41. The van der Waals surface area contributed by atoms with Gasteiger partial charge in [-0.25, -0.2) is 16.8 Å². The second-order valence-electron chi connectivity index (χ2n) is 10.5. The van der Waals surface area contributed by atoms with Gasteiger partial charge >= 0.3 is 0 Å². The van der Waals surface area contributed by atoms with Gasteiger partial charge in [0.1, 0.15) is 11.9 Å². The Morgan fingerprint density at radius 2 is 1.58 bits per heavy atom. The number of likely N-dealkylation sites (N-methyl/N-ethyl adjacent to an activating group) is 1. The summed E-state index contributed by atoms with van der Waals surface area (Å²) in [4.78, 5) is 15.1. The second-order valence-corrected chi connectivity index (χ2v) is 15.1. The standard InChI is InChI=1S/C29H33Cl2N3O7S2/c1-19-16-34(20(2)18-35)29(36)15-21-14-24(32-42(37,38)25-9-4-22(30)5-10-25)8-13-27(21)41-28(19)17-33(3)43(39,40)26-11-6-23(31)7-12-26/h4-14,19-20,28,32,35H,15-18H2,1-3H3/t19-,20+,28-/m1/s1. The summed E-state index contributed by atoms with van der Waals surface area (Å²) in [5.74, 6) is -0.330. The molecule has 1 amide bonds. The van der Waals surface area contributed by atoms with E-state index in [2.05, 4.69) is 4.72 Å². The van der Waals surface area contributed by atoms with Crippen molar-refractivity contribution in [2.75, 3.05) is 31.5 Å². The normalized spacial score (nSPS) is 18.7. The van der Waals surface area contributed by atoms with Gasteiger partial charge in [0.05, 0.1) is 35.4 Å². The summed E-state index contributed by atoms with van der Waals surface area (Å²) in [6, 6.07) is 15.6. The lowest BCUT2D eigenvalue weighted by Gasteiger charge is -2.33. The average Bonchev–Trinajstić information content (AvgIpc) is 3.00. The number of nitrogens with one attached hydrogen (secondary N) is 1. The molecule has 0 bridgehead atoms. The topological polar surface area (TPSA) is 133 Å². The highest BCUT2D eigenvalue weighted by molar-refractivity contribution is 7.92. The third-order valence-corrected chi connectivity index (χ3v) is 11.0. The lowest BCUT2D eigenvalue weighted by atomic mass is 10.0. The molecule has 0 saturated heterocycles. The highest BCUT2D eigenvalue weighted by Crippen LogP contribution is 2.31. The van der Waals surface area contributed by atoms with Crippen LogP contribution in [0.4, 0.5) is 5.69 Å². The van der Waals surface area contributed by atoms with Gasteiger partial charge in [0.2, 0.25) is 15.9 Å². The first-order valence-corrected chi connectivity index (χ1v) is 17.1. The maximum Gasteiger partial charge on any atom is 0.261 e. The molecule has 0 fully saturated rings. The molecule has 0 aromatic heterocycles. The minimum atomic E-state index is -3.96. The first kappa shape index (κ1) is 33.0. The van der Waals surface area contributed by atoms with Crippen molar-refractivity contribution >= 4 is 54.8 Å². The van der Waals surface area contributed by atoms with Crippen LogP contribution in [0.5, 0.6) is 5.75 Å². The van der Waals surface area contributed by atoms with Crippen molar-refractivity contribution in [3.8, 4) is 5.75 Å². The van der Waals surface area contributed by atoms with E-state index in [1.165, 1.54) is 76.9 Å². The van der Waals surface area contributed by atoms with E-state index in [0.29, 0.717) is 21.4 Å². The Morgan fingerprint density at radius 1 is 1.00 bits per heavy atom. The molecule has 3 atom stereocenters. The van der Waals surface area contributed by atoms with E-state index in [1.54, 1.807) is 13.0 Å². The molecular formula is C29H33Cl2N3O7S2. The van der Waals surface area contributed by atoms with Crippen LogP contribution >= 0.6 is 23.2 Å². The quantitative estimate of drug-likeness (QED) is 0.348. The first-order valence-electron chi connectivity index (χ1n) is 13.4. The molecule has 0 radical (unpaired) electrons. The molecule has 4 rings (SSSR count). The third kappa shape index (κ3) is 7.81. The van der Waals surface area contributed by atoms with Crippen LogP contribution in [0, 0.1) is 5.92 Å². The molecule has 1 aliphatic rings. The second kappa shape index (κ2) is 13.4. The van der Waals surface area contributed by atoms with Gasteiger partial charge in [-0.2, -0.15) is 4.31 Å². The maximum atomic E-state index is 13.5. The number of carbonyl (C=O) groups excluding carboxylic acids is 1. The number of nitrogens with zero attached hydrogens (tertiary/aromatic N) is 2. The molecule has 14 heteroatoms. The van der Waals surface area contributed by atoms with Crippen molar-refractivity contribution in [3.05, 3.63) is 82.3 Å². The zero-order valence-corrected chi connectivity index (χ0v) is 26.9. The van der Waals surface area contributed by atoms with Crippen LogP contribution in [-0.2, 0) is 31.3 Å². The van der Waals surface area contributed by atoms with Crippen molar-refractivity contribution in [2.24, 2.45) is 5.92 Å². The number of hydrogen-bond acceptors (Lipinski definition) is 7. The van der Waals surface area contributed by atoms with Gasteiger partial charge in [-0.1, -0.05) is 30.1 Å². The van der Waals surface area contributed by atoms with E-state index in [4.69, 9.17) is 27.9 Å². The van der Waals surface area contributed by atoms with E-state index in [1.807, 2.05) is 6.92 Å². The molecule has 1 aliphatic heterocycles. The summed E-state index contributed by atoms with van der Waals surface area (Å²) in [5, 5.41) is 10.7. The molecule has 2 N–H and O–H groups in total. The third-order valence-electron chi connectivity index (χ3n) is 7.25. The van der Waals surface area contributed by atoms with Crippen molar-refractivity contribution in [1.82, 2.24) is 9.21 Å². The van der Waals surface area contributed by atoms with Gasteiger partial charge in [-0.05, 0) is 73.7 Å². The Bertz CT molecular complexity index is 1670. The van der Waals surface area contributed by atoms with Gasteiger partial charge in [0.25, 0.3) is 10.0 Å². The number of rotatable bonds is 9. The zero-order valence-electron chi connectivity index (χ0n) is 23.8. The number of carbonyl (C=O) groups is 1. The van der Waals surface area contributed by atoms with E-state index in [9.17, 15) is 26.7 Å². The Hall–Kier alpha value is -2.87. The van der Waals surface area contributed by atoms with Crippen LogP contribution < -0.4 is 9.46 Å². The number of aliphatic hydroxyl groups is 1. The van der Waals surface area contributed by atoms with E-state index < -0.39 is 32.2 Å². The molecule has 0 spiro atoms. The Morgan fingerprint density at radius 3 is 2.16 bits per heavy atom. The lowest BCUT2D eigenvalue weighted by Crippen LogP contribution is -2.48. The van der Waals surface area contributed by atoms with Gasteiger partial charge in [-0.3, -0.25) is 9.52 Å². The van der Waals surface area contributed by atoms with Crippen LogP contribution in [0.2, 0.25) is 10.0 Å². The van der Waals surface area contributed by atoms with Gasteiger partial charge < -0.3 is 14.7 Å². The number of amides is 1. The summed E-state index contributed by atoms with van der Waals surface area (Å²) >= 11 is 11.8. The molecule has 10 nitrogen and oxygen atoms in total. The molecule has 0 aliphatic carbocycles. The molecule has 0 saturated carbocycles. The molecule has 3 aromatic carbocycles. The fourth-order valence-corrected chi connectivity index (χ4v) is 7.16. The lowest BCUT2D eigenvalue weighted by molar-refractivity contribution is -0.134. The Kier molecular flexibility index (Phi) is 10.3. The van der Waals surface area contributed by atoms with E-state index >= 15 is 0 Å². The fourth-order valence-electron chi connectivity index (χ4n) is 4.68. The number of anilines is 1. The smallest absolute Gasteiger partial charge is 0.261 e. The molecule has 43 heavy (non-hydrogen) atoms. The molecule has 1 heterocycles. The van der Waals surface area contributed by atoms with Crippen LogP contribution in [0.15, 0.2) is 76.5 Å². The van der Waals surface area contributed by atoms with Crippen molar-refractivity contribution < 1.29 is 31.5 Å². The maximum absolute atomic E-state index is 13.5. The van der Waals surface area contributed by atoms with Crippen LogP contribution in [0.1, 0.15) is 19.4 Å². The minimum Gasteiger partial charge on any atom is -0.488 e. The number of aliphatic hydroxyl groups excluding tert-OH is 1. The molecule has 232 valence electrons. The van der Waals surface area contributed by atoms with E-state index in [-0.39, 0.29) is 53.4 Å². The van der Waals surface area contributed by atoms with Crippen molar-refractivity contribution in [1.29, 1.82) is 0 Å². The Balaban J connectivity index is 1.68. The van der Waals surface area contributed by atoms with Gasteiger partial charge in [0, 0.05) is 40.8 Å². The monoisotopic (exact) mass is 669 g/mol. The minimum absolute atomic E-state index is 0.00883. The van der Waals surface area contributed by atoms with Crippen LogP contribution in [-0.4, -0.2) is 75.9 Å². The summed E-state index contributed by atoms with van der Waals surface area (Å²) in [6.45, 7) is 3.43. The van der Waals surface area contributed by atoms with Gasteiger partial charge in [0.15, 0.2) is 0 Å². The van der Waals surface area contributed by atoms with Crippen LogP contribution in [0.25, 0.3) is 0 Å². The number of fused-ring (bicyclic) bond motifs is 1. The number of ether oxygens (including phenoxy) is 1. The van der Waals surface area contributed by atoms with Crippen molar-refractivity contribution in [3.63, 3.8) is 0 Å². The van der Waals surface area contributed by atoms with Gasteiger partial charge in [-0.15, -0.1) is 0 Å². The fraction of sp³-hybridized carbons (Fsp3) is 0.345. The SMILES string of the molecule is C[C@@H]1CN([C@@H](C)CO)C(=O)Cc2cc(NS(=O)(=O)c3ccc(Cl)cc3)ccc2O[C@@H]1CN(C)S(=O)(=O)c1ccc(Cl)cc1. The molecular weight excluding hydrogens is 637 g/mol. The summed E-state index contributed by atoms with van der Waals surface area (Å²) in [5.41, 5.74) is 0.608. The summed E-state index contributed by atoms with van der Waals surface area (Å²) < 4.78 is 62.7. The van der Waals surface area contributed by atoms with Crippen molar-refractivity contribution in [2.45, 2.75) is 42.2 Å². The Labute approximate surface area is 262 Å². The number of hydrogen-bond donors (Lipinski definition) is 2. The number of benzene rings is 3. The van der Waals surface area contributed by atoms with Crippen LogP contribution in [0.3, 0.4) is 0 Å². The average molecular weight is 671 g/mol. The number of sulfonamides is 2. The predicted octanol–water partition coefficient (Wildman–Crippen LogP) is 4.26. The zero-order chi connectivity index (χ0) is 31.5. The summed E-state index contributed by atoms with van der Waals surface area (Å²) in [6.07, 6.45) is -0.837. The number of halogens is 2. The highest BCUT2D eigenvalue weighted by atomic mass is 35.5. The highest BCUT2D eigenvalue weighted by Gasteiger charge is 2.33. The first-order chi connectivity index (χ1) is 20.2.